The first-order valence-electron chi connectivity index (χ1n) is 4.90. The minimum atomic E-state index is 0.785. The second-order valence-electron chi connectivity index (χ2n) is 3.60. The van der Waals surface area contributed by atoms with Gasteiger partial charge in [-0.3, -0.25) is 0 Å². The molecule has 0 spiro atoms. The molecule has 0 aliphatic carbocycles. The van der Waals surface area contributed by atoms with Crippen LogP contribution in [0.4, 0.5) is 5.13 Å². The topological polar surface area (TPSA) is 37.8 Å². The van der Waals surface area contributed by atoms with Crippen molar-refractivity contribution >= 4 is 32.6 Å². The van der Waals surface area contributed by atoms with Gasteiger partial charge in [-0.2, -0.15) is 9.36 Å². The Kier molecular flexibility index (Phi) is 3.25. The summed E-state index contributed by atoms with van der Waals surface area (Å²) in [7, 11) is 1.85. The van der Waals surface area contributed by atoms with Crippen molar-refractivity contribution in [1.82, 2.24) is 9.36 Å². The van der Waals surface area contributed by atoms with Crippen molar-refractivity contribution < 1.29 is 0 Å². The number of hydrogen-bond donors (Lipinski definition) is 1. The molecule has 16 heavy (non-hydrogen) atoms. The average molecular weight is 298 g/mol. The number of rotatable bonds is 2. The first-order valence-corrected chi connectivity index (χ1v) is 6.47. The lowest BCUT2D eigenvalue weighted by Crippen LogP contribution is -1.89. The molecule has 1 heterocycles. The second kappa shape index (κ2) is 4.51. The zero-order valence-corrected chi connectivity index (χ0v) is 11.7. The van der Waals surface area contributed by atoms with Crippen molar-refractivity contribution in [3.63, 3.8) is 0 Å². The normalized spacial score (nSPS) is 10.5. The lowest BCUT2D eigenvalue weighted by atomic mass is 10.1. The quantitative estimate of drug-likeness (QED) is 0.920. The molecule has 0 aliphatic heterocycles. The molecule has 0 unspecified atom stereocenters. The van der Waals surface area contributed by atoms with Gasteiger partial charge < -0.3 is 5.32 Å². The van der Waals surface area contributed by atoms with Crippen molar-refractivity contribution in [2.24, 2.45) is 0 Å². The molecule has 1 N–H and O–H groups in total. The number of nitrogens with zero attached hydrogens (tertiary/aromatic N) is 2. The molecule has 1 aromatic carbocycles. The van der Waals surface area contributed by atoms with Crippen LogP contribution in [0.5, 0.6) is 0 Å². The molecular weight excluding hydrogens is 286 g/mol. The molecule has 5 heteroatoms. The van der Waals surface area contributed by atoms with Crippen LogP contribution in [0.1, 0.15) is 11.1 Å². The zero-order chi connectivity index (χ0) is 11.7. The Balaban J connectivity index is 2.48. The van der Waals surface area contributed by atoms with E-state index in [1.807, 2.05) is 7.05 Å². The van der Waals surface area contributed by atoms with E-state index in [1.165, 1.54) is 22.7 Å². The van der Waals surface area contributed by atoms with Crippen molar-refractivity contribution in [3.8, 4) is 11.4 Å². The summed E-state index contributed by atoms with van der Waals surface area (Å²) in [6, 6.07) is 4.19. The average Bonchev–Trinajstić information content (AvgIpc) is 2.73. The maximum atomic E-state index is 4.39. The second-order valence-corrected chi connectivity index (χ2v) is 5.14. The number of hydrogen-bond acceptors (Lipinski definition) is 4. The molecule has 0 aliphatic rings. The molecule has 3 nitrogen and oxygen atoms in total. The molecule has 0 radical (unpaired) electrons. The highest BCUT2D eigenvalue weighted by molar-refractivity contribution is 9.10. The van der Waals surface area contributed by atoms with Crippen LogP contribution in [0.3, 0.4) is 0 Å². The van der Waals surface area contributed by atoms with Gasteiger partial charge in [0.25, 0.3) is 0 Å². The molecule has 0 saturated carbocycles. The standard InChI is InChI=1S/C11H12BrN3S/c1-6-4-8(5-7(2)9(6)12)10-14-11(13-3)16-15-10/h4-5H,1-3H3,(H,13,14,15). The van der Waals surface area contributed by atoms with Gasteiger partial charge in [0.2, 0.25) is 5.13 Å². The van der Waals surface area contributed by atoms with E-state index in [-0.39, 0.29) is 0 Å². The fourth-order valence-corrected chi connectivity index (χ4v) is 2.28. The van der Waals surface area contributed by atoms with Crippen LogP contribution in [0.15, 0.2) is 16.6 Å². The summed E-state index contributed by atoms with van der Waals surface area (Å²) in [5.74, 6) is 0.785. The van der Waals surface area contributed by atoms with Crippen molar-refractivity contribution in [1.29, 1.82) is 0 Å². The number of benzene rings is 1. The molecule has 0 atom stereocenters. The van der Waals surface area contributed by atoms with Gasteiger partial charge in [0, 0.05) is 28.6 Å². The zero-order valence-electron chi connectivity index (χ0n) is 9.34. The summed E-state index contributed by atoms with van der Waals surface area (Å²) in [6.07, 6.45) is 0. The van der Waals surface area contributed by atoms with Crippen LogP contribution in [0, 0.1) is 13.8 Å². The third kappa shape index (κ3) is 2.10. The summed E-state index contributed by atoms with van der Waals surface area (Å²) < 4.78 is 5.47. The molecule has 2 aromatic rings. The highest BCUT2D eigenvalue weighted by Crippen LogP contribution is 2.28. The molecule has 0 fully saturated rings. The van der Waals surface area contributed by atoms with E-state index >= 15 is 0 Å². The summed E-state index contributed by atoms with van der Waals surface area (Å²) in [4.78, 5) is 4.39. The van der Waals surface area contributed by atoms with Crippen molar-refractivity contribution in [3.05, 3.63) is 27.7 Å². The molecule has 0 saturated heterocycles. The fourth-order valence-electron chi connectivity index (χ4n) is 1.52. The Morgan fingerprint density at radius 1 is 1.25 bits per heavy atom. The van der Waals surface area contributed by atoms with Gasteiger partial charge >= 0.3 is 0 Å². The van der Waals surface area contributed by atoms with E-state index in [2.05, 4.69) is 56.6 Å². The Morgan fingerprint density at radius 2 is 1.88 bits per heavy atom. The van der Waals surface area contributed by atoms with E-state index in [0.29, 0.717) is 0 Å². The Bertz CT molecular complexity index is 499. The predicted octanol–water partition coefficient (Wildman–Crippen LogP) is 3.63. The highest BCUT2D eigenvalue weighted by Gasteiger charge is 2.08. The molecular formula is C11H12BrN3S. The third-order valence-corrected chi connectivity index (χ3v) is 4.32. The lowest BCUT2D eigenvalue weighted by Gasteiger charge is -2.05. The van der Waals surface area contributed by atoms with Gasteiger partial charge in [-0.05, 0) is 37.1 Å². The van der Waals surface area contributed by atoms with Gasteiger partial charge in [0.1, 0.15) is 0 Å². The fraction of sp³-hybridized carbons (Fsp3) is 0.273. The minimum absolute atomic E-state index is 0.785. The maximum absolute atomic E-state index is 4.39. The first-order chi connectivity index (χ1) is 7.61. The van der Waals surface area contributed by atoms with E-state index in [0.717, 1.165) is 21.0 Å². The van der Waals surface area contributed by atoms with Gasteiger partial charge in [0.05, 0.1) is 0 Å². The monoisotopic (exact) mass is 297 g/mol. The molecule has 84 valence electrons. The summed E-state index contributed by atoms with van der Waals surface area (Å²) in [5, 5.41) is 3.83. The summed E-state index contributed by atoms with van der Waals surface area (Å²) in [5.41, 5.74) is 3.47. The predicted molar refractivity (Wildman–Crippen MR) is 72.1 cm³/mol. The SMILES string of the molecule is CNc1nc(-c2cc(C)c(Br)c(C)c2)ns1. The van der Waals surface area contributed by atoms with Crippen LogP contribution in [0.25, 0.3) is 11.4 Å². The molecule has 0 amide bonds. The summed E-state index contributed by atoms with van der Waals surface area (Å²) >= 11 is 4.93. The first kappa shape index (κ1) is 11.5. The van der Waals surface area contributed by atoms with Gasteiger partial charge in [-0.15, -0.1) is 0 Å². The van der Waals surface area contributed by atoms with Gasteiger partial charge in [-0.1, -0.05) is 15.9 Å². The van der Waals surface area contributed by atoms with Crippen molar-refractivity contribution in [2.75, 3.05) is 12.4 Å². The number of nitrogens with one attached hydrogen (secondary N) is 1. The van der Waals surface area contributed by atoms with Crippen LogP contribution >= 0.6 is 27.5 Å². The third-order valence-electron chi connectivity index (χ3n) is 2.33. The Morgan fingerprint density at radius 3 is 2.38 bits per heavy atom. The van der Waals surface area contributed by atoms with Crippen LogP contribution in [0.2, 0.25) is 0 Å². The van der Waals surface area contributed by atoms with Crippen LogP contribution in [-0.2, 0) is 0 Å². The van der Waals surface area contributed by atoms with Crippen LogP contribution < -0.4 is 5.32 Å². The Labute approximate surface area is 107 Å². The van der Waals surface area contributed by atoms with Crippen LogP contribution in [-0.4, -0.2) is 16.4 Å². The molecule has 1 aromatic heterocycles. The largest absolute Gasteiger partial charge is 0.363 e. The molecule has 2 rings (SSSR count). The number of aromatic nitrogens is 2. The van der Waals surface area contributed by atoms with Gasteiger partial charge in [-0.25, -0.2) is 0 Å². The Hall–Kier alpha value is -0.940. The number of aryl methyl sites for hydroxylation is 2. The smallest absolute Gasteiger partial charge is 0.202 e. The van der Waals surface area contributed by atoms with E-state index in [1.54, 1.807) is 0 Å². The number of halogens is 1. The van der Waals surface area contributed by atoms with Crippen molar-refractivity contribution in [2.45, 2.75) is 13.8 Å². The number of anilines is 1. The highest BCUT2D eigenvalue weighted by atomic mass is 79.9. The summed E-state index contributed by atoms with van der Waals surface area (Å²) in [6.45, 7) is 4.15. The molecule has 0 bridgehead atoms. The lowest BCUT2D eigenvalue weighted by molar-refractivity contribution is 1.27. The minimum Gasteiger partial charge on any atom is -0.363 e. The van der Waals surface area contributed by atoms with E-state index in [9.17, 15) is 0 Å². The van der Waals surface area contributed by atoms with E-state index in [4.69, 9.17) is 0 Å². The van der Waals surface area contributed by atoms with Gasteiger partial charge in [0.15, 0.2) is 5.82 Å². The van der Waals surface area contributed by atoms with E-state index < -0.39 is 0 Å². The maximum Gasteiger partial charge on any atom is 0.202 e.